The van der Waals surface area contributed by atoms with Crippen molar-refractivity contribution in [1.29, 1.82) is 0 Å². The van der Waals surface area contributed by atoms with Crippen LogP contribution < -0.4 is 15.8 Å². The summed E-state index contributed by atoms with van der Waals surface area (Å²) in [7, 11) is 1.57. The standard InChI is InChI=1S/C14H13ClN2O2/c1-19-11-4-2-3-10(8-11)17-14(18)9-5-6-13(16)12(15)7-9/h2-8H,16H2,1H3,(H,17,18). The van der Waals surface area contributed by atoms with Crippen molar-refractivity contribution in [2.24, 2.45) is 0 Å². The van der Waals surface area contributed by atoms with E-state index in [-0.39, 0.29) is 5.91 Å². The highest BCUT2D eigenvalue weighted by Gasteiger charge is 2.08. The number of hydrogen-bond acceptors (Lipinski definition) is 3. The second-order valence-electron chi connectivity index (χ2n) is 3.92. The molecule has 0 unspecified atom stereocenters. The van der Waals surface area contributed by atoms with E-state index in [4.69, 9.17) is 22.1 Å². The van der Waals surface area contributed by atoms with Crippen LogP contribution in [0.4, 0.5) is 11.4 Å². The van der Waals surface area contributed by atoms with E-state index >= 15 is 0 Å². The molecule has 2 aromatic rings. The number of anilines is 2. The topological polar surface area (TPSA) is 64.3 Å². The fourth-order valence-electron chi connectivity index (χ4n) is 1.57. The summed E-state index contributed by atoms with van der Waals surface area (Å²) in [6.07, 6.45) is 0. The molecule has 0 fully saturated rings. The lowest BCUT2D eigenvalue weighted by Crippen LogP contribution is -2.12. The Morgan fingerprint density at radius 1 is 1.26 bits per heavy atom. The summed E-state index contributed by atoms with van der Waals surface area (Å²) in [4.78, 5) is 12.0. The number of nitrogen functional groups attached to an aromatic ring is 1. The molecule has 0 atom stereocenters. The van der Waals surface area contributed by atoms with Gasteiger partial charge >= 0.3 is 0 Å². The first-order valence-electron chi connectivity index (χ1n) is 5.60. The molecule has 98 valence electrons. The van der Waals surface area contributed by atoms with Crippen LogP contribution in [-0.4, -0.2) is 13.0 Å². The highest BCUT2D eigenvalue weighted by atomic mass is 35.5. The lowest BCUT2D eigenvalue weighted by Gasteiger charge is -2.07. The first-order valence-corrected chi connectivity index (χ1v) is 5.98. The van der Waals surface area contributed by atoms with E-state index in [1.807, 2.05) is 0 Å². The third kappa shape index (κ3) is 3.17. The number of carbonyl (C=O) groups excluding carboxylic acids is 1. The molecule has 0 heterocycles. The van der Waals surface area contributed by atoms with Crippen LogP contribution in [0, 0.1) is 0 Å². The lowest BCUT2D eigenvalue weighted by molar-refractivity contribution is 0.102. The molecule has 19 heavy (non-hydrogen) atoms. The van der Waals surface area contributed by atoms with Crippen LogP contribution in [0.1, 0.15) is 10.4 Å². The highest BCUT2D eigenvalue weighted by Crippen LogP contribution is 2.21. The zero-order valence-corrected chi connectivity index (χ0v) is 11.1. The summed E-state index contributed by atoms with van der Waals surface area (Å²) >= 11 is 5.88. The predicted molar refractivity (Wildman–Crippen MR) is 76.8 cm³/mol. The van der Waals surface area contributed by atoms with Crippen LogP contribution in [0.15, 0.2) is 42.5 Å². The van der Waals surface area contributed by atoms with E-state index < -0.39 is 0 Å². The van der Waals surface area contributed by atoms with Crippen molar-refractivity contribution in [1.82, 2.24) is 0 Å². The summed E-state index contributed by atoms with van der Waals surface area (Å²) in [6, 6.07) is 11.9. The molecule has 0 aliphatic carbocycles. The van der Waals surface area contributed by atoms with Gasteiger partial charge in [-0.05, 0) is 30.3 Å². The normalized spacial score (nSPS) is 10.0. The molecular formula is C14H13ClN2O2. The molecule has 0 aromatic heterocycles. The Morgan fingerprint density at radius 2 is 2.05 bits per heavy atom. The van der Waals surface area contributed by atoms with Gasteiger partial charge in [0.05, 0.1) is 17.8 Å². The van der Waals surface area contributed by atoms with Crippen LogP contribution in [0.3, 0.4) is 0 Å². The smallest absolute Gasteiger partial charge is 0.255 e. The van der Waals surface area contributed by atoms with Gasteiger partial charge in [0.15, 0.2) is 0 Å². The van der Waals surface area contributed by atoms with E-state index in [1.165, 1.54) is 6.07 Å². The molecule has 2 rings (SSSR count). The van der Waals surface area contributed by atoms with Crippen LogP contribution >= 0.6 is 11.6 Å². The van der Waals surface area contributed by atoms with E-state index in [0.29, 0.717) is 27.7 Å². The maximum atomic E-state index is 12.0. The van der Waals surface area contributed by atoms with Gasteiger partial charge in [0, 0.05) is 17.3 Å². The van der Waals surface area contributed by atoms with Crippen LogP contribution in [-0.2, 0) is 0 Å². The number of halogens is 1. The third-order valence-corrected chi connectivity index (χ3v) is 2.92. The van der Waals surface area contributed by atoms with Crippen molar-refractivity contribution in [2.75, 3.05) is 18.2 Å². The molecule has 1 amide bonds. The van der Waals surface area contributed by atoms with Crippen molar-refractivity contribution < 1.29 is 9.53 Å². The largest absolute Gasteiger partial charge is 0.497 e. The van der Waals surface area contributed by atoms with Gasteiger partial charge in [-0.2, -0.15) is 0 Å². The van der Waals surface area contributed by atoms with Crippen molar-refractivity contribution in [2.45, 2.75) is 0 Å². The van der Waals surface area contributed by atoms with Crippen LogP contribution in [0.25, 0.3) is 0 Å². The number of carbonyl (C=O) groups is 1. The second-order valence-corrected chi connectivity index (χ2v) is 4.33. The summed E-state index contributed by atoms with van der Waals surface area (Å²) in [5.41, 5.74) is 7.14. The SMILES string of the molecule is COc1cccc(NC(=O)c2ccc(N)c(Cl)c2)c1. The number of methoxy groups -OCH3 is 1. The molecule has 2 aromatic carbocycles. The van der Waals surface area contributed by atoms with Crippen LogP contribution in [0.5, 0.6) is 5.75 Å². The average Bonchev–Trinajstić information content (AvgIpc) is 2.42. The Hall–Kier alpha value is -2.20. The Morgan fingerprint density at radius 3 is 2.74 bits per heavy atom. The van der Waals surface area contributed by atoms with Crippen molar-refractivity contribution in [3.8, 4) is 5.75 Å². The van der Waals surface area contributed by atoms with Crippen molar-refractivity contribution in [3.63, 3.8) is 0 Å². The summed E-state index contributed by atoms with van der Waals surface area (Å²) in [6.45, 7) is 0. The number of nitrogens with two attached hydrogens (primary N) is 1. The van der Waals surface area contributed by atoms with Gasteiger partial charge in [0.25, 0.3) is 5.91 Å². The van der Waals surface area contributed by atoms with Crippen molar-refractivity contribution >= 4 is 28.9 Å². The summed E-state index contributed by atoms with van der Waals surface area (Å²) in [5.74, 6) is 0.420. The molecule has 0 aliphatic rings. The second kappa shape index (κ2) is 5.63. The van der Waals surface area contributed by atoms with E-state index in [9.17, 15) is 4.79 Å². The number of benzene rings is 2. The molecule has 3 N–H and O–H groups in total. The fraction of sp³-hybridized carbons (Fsp3) is 0.0714. The highest BCUT2D eigenvalue weighted by molar-refractivity contribution is 6.33. The number of ether oxygens (including phenoxy) is 1. The molecule has 0 aliphatic heterocycles. The van der Waals surface area contributed by atoms with Gasteiger partial charge in [0.1, 0.15) is 5.75 Å². The first kappa shape index (κ1) is 13.2. The Balaban J connectivity index is 2.18. The lowest BCUT2D eigenvalue weighted by atomic mass is 10.2. The number of hydrogen-bond donors (Lipinski definition) is 2. The molecule has 0 spiro atoms. The summed E-state index contributed by atoms with van der Waals surface area (Å²) in [5, 5.41) is 3.12. The number of amides is 1. The zero-order valence-electron chi connectivity index (χ0n) is 10.3. The molecule has 0 radical (unpaired) electrons. The van der Waals surface area contributed by atoms with Gasteiger partial charge in [0.2, 0.25) is 0 Å². The Labute approximate surface area is 116 Å². The number of nitrogens with one attached hydrogen (secondary N) is 1. The molecule has 0 saturated heterocycles. The van der Waals surface area contributed by atoms with Gasteiger partial charge in [-0.25, -0.2) is 0 Å². The molecule has 0 bridgehead atoms. The Bertz CT molecular complexity index is 614. The molecule has 5 heteroatoms. The van der Waals surface area contributed by atoms with E-state index in [0.717, 1.165) is 0 Å². The first-order chi connectivity index (χ1) is 9.10. The molecular weight excluding hydrogens is 264 g/mol. The van der Waals surface area contributed by atoms with Crippen molar-refractivity contribution in [3.05, 3.63) is 53.1 Å². The Kier molecular flexibility index (Phi) is 3.92. The average molecular weight is 277 g/mol. The minimum atomic E-state index is -0.254. The fourth-order valence-corrected chi connectivity index (χ4v) is 1.75. The quantitative estimate of drug-likeness (QED) is 0.846. The zero-order chi connectivity index (χ0) is 13.8. The minimum Gasteiger partial charge on any atom is -0.497 e. The summed E-state index contributed by atoms with van der Waals surface area (Å²) < 4.78 is 5.09. The molecule has 0 saturated carbocycles. The molecule has 4 nitrogen and oxygen atoms in total. The van der Waals surface area contributed by atoms with Gasteiger partial charge in [-0.1, -0.05) is 17.7 Å². The van der Waals surface area contributed by atoms with Crippen LogP contribution in [0.2, 0.25) is 5.02 Å². The van der Waals surface area contributed by atoms with E-state index in [2.05, 4.69) is 5.32 Å². The van der Waals surface area contributed by atoms with Gasteiger partial charge < -0.3 is 15.8 Å². The third-order valence-electron chi connectivity index (χ3n) is 2.59. The maximum absolute atomic E-state index is 12.0. The minimum absolute atomic E-state index is 0.254. The predicted octanol–water partition coefficient (Wildman–Crippen LogP) is 3.18. The number of rotatable bonds is 3. The van der Waals surface area contributed by atoms with E-state index in [1.54, 1.807) is 43.5 Å². The maximum Gasteiger partial charge on any atom is 0.255 e. The monoisotopic (exact) mass is 276 g/mol. The van der Waals surface area contributed by atoms with Gasteiger partial charge in [-0.15, -0.1) is 0 Å². The van der Waals surface area contributed by atoms with Gasteiger partial charge in [-0.3, -0.25) is 4.79 Å².